The van der Waals surface area contributed by atoms with Gasteiger partial charge >= 0.3 is 0 Å². The molecule has 0 aliphatic carbocycles. The van der Waals surface area contributed by atoms with E-state index in [0.29, 0.717) is 0 Å². The number of fused-ring (bicyclic) bond motifs is 2. The molecule has 2 bridgehead atoms. The van der Waals surface area contributed by atoms with Crippen molar-refractivity contribution >= 4 is 10.0 Å². The van der Waals surface area contributed by atoms with Gasteiger partial charge in [0, 0.05) is 19.2 Å². The molecular weight excluding hydrogens is 286 g/mol. The molecule has 0 N–H and O–H groups in total. The highest BCUT2D eigenvalue weighted by atomic mass is 32.2. The molecule has 0 radical (unpaired) electrons. The van der Waals surface area contributed by atoms with E-state index in [1.54, 1.807) is 11.4 Å². The molecule has 2 atom stereocenters. The number of hydrogen-bond donors (Lipinski definition) is 0. The zero-order valence-electron chi connectivity index (χ0n) is 12.7. The van der Waals surface area contributed by atoms with Crippen molar-refractivity contribution in [3.8, 4) is 0 Å². The Bertz CT molecular complexity index is 600. The van der Waals surface area contributed by atoms with E-state index in [1.807, 2.05) is 31.2 Å². The second kappa shape index (κ2) is 5.71. The Morgan fingerprint density at radius 1 is 1.24 bits per heavy atom. The molecule has 1 aromatic rings. The summed E-state index contributed by atoms with van der Waals surface area (Å²) < 4.78 is 32.8. The van der Waals surface area contributed by atoms with Crippen molar-refractivity contribution in [1.82, 2.24) is 4.31 Å². The summed E-state index contributed by atoms with van der Waals surface area (Å²) in [5, 5.41) is 0. The first kappa shape index (κ1) is 15.0. The van der Waals surface area contributed by atoms with E-state index in [-0.39, 0.29) is 23.9 Å². The van der Waals surface area contributed by atoms with Crippen LogP contribution in [0, 0.1) is 6.92 Å². The molecule has 2 aliphatic heterocycles. The van der Waals surface area contributed by atoms with Crippen molar-refractivity contribution in [1.29, 1.82) is 0 Å². The molecule has 0 aromatic heterocycles. The molecule has 0 saturated carbocycles. The minimum absolute atomic E-state index is 0.110. The van der Waals surface area contributed by atoms with Crippen molar-refractivity contribution in [2.75, 3.05) is 7.11 Å². The Morgan fingerprint density at radius 3 is 2.48 bits per heavy atom. The van der Waals surface area contributed by atoms with Gasteiger partial charge in [-0.1, -0.05) is 29.8 Å². The van der Waals surface area contributed by atoms with Gasteiger partial charge in [0.2, 0.25) is 10.0 Å². The normalized spacial score (nSPS) is 29.7. The Labute approximate surface area is 127 Å². The summed E-state index contributed by atoms with van der Waals surface area (Å²) >= 11 is 0. The van der Waals surface area contributed by atoms with Gasteiger partial charge in [-0.05, 0) is 38.2 Å². The molecule has 0 spiro atoms. The van der Waals surface area contributed by atoms with E-state index in [9.17, 15) is 8.42 Å². The highest BCUT2D eigenvalue weighted by Gasteiger charge is 2.46. The first-order chi connectivity index (χ1) is 9.99. The maximum Gasteiger partial charge on any atom is 0.218 e. The third kappa shape index (κ3) is 3.00. The van der Waals surface area contributed by atoms with Gasteiger partial charge < -0.3 is 4.74 Å². The fraction of sp³-hybridized carbons (Fsp3) is 0.625. The zero-order valence-corrected chi connectivity index (χ0v) is 13.5. The summed E-state index contributed by atoms with van der Waals surface area (Å²) in [6.45, 7) is 1.99. The van der Waals surface area contributed by atoms with Gasteiger partial charge in [0.25, 0.3) is 0 Å². The lowest BCUT2D eigenvalue weighted by Crippen LogP contribution is -2.48. The van der Waals surface area contributed by atoms with Crippen molar-refractivity contribution < 1.29 is 13.2 Å². The summed E-state index contributed by atoms with van der Waals surface area (Å²) in [7, 11) is -1.52. The summed E-state index contributed by atoms with van der Waals surface area (Å²) in [5.41, 5.74) is 1.98. The Balaban J connectivity index is 1.80. The van der Waals surface area contributed by atoms with Crippen LogP contribution in [0.25, 0.3) is 0 Å². The van der Waals surface area contributed by atoms with Gasteiger partial charge in [0.15, 0.2) is 0 Å². The number of piperidine rings is 1. The highest BCUT2D eigenvalue weighted by Crippen LogP contribution is 2.39. The molecule has 2 fully saturated rings. The molecule has 1 aromatic carbocycles. The van der Waals surface area contributed by atoms with Crippen molar-refractivity contribution in [3.63, 3.8) is 0 Å². The minimum Gasteiger partial charge on any atom is -0.381 e. The first-order valence-electron chi connectivity index (χ1n) is 7.59. The van der Waals surface area contributed by atoms with Gasteiger partial charge in [-0.3, -0.25) is 0 Å². The number of rotatable bonds is 4. The lowest BCUT2D eigenvalue weighted by atomic mass is 10.0. The molecule has 2 heterocycles. The lowest BCUT2D eigenvalue weighted by Gasteiger charge is -2.37. The lowest BCUT2D eigenvalue weighted by molar-refractivity contribution is 0.0349. The summed E-state index contributed by atoms with van der Waals surface area (Å²) in [4.78, 5) is 0. The predicted molar refractivity (Wildman–Crippen MR) is 82.5 cm³/mol. The number of nitrogens with zero attached hydrogens (tertiary/aromatic N) is 1. The molecule has 0 amide bonds. The fourth-order valence-corrected chi connectivity index (χ4v) is 5.86. The third-order valence-corrected chi connectivity index (χ3v) is 6.65. The third-order valence-electron chi connectivity index (χ3n) is 4.71. The first-order valence-corrected chi connectivity index (χ1v) is 9.20. The monoisotopic (exact) mass is 309 g/mol. The number of hydrogen-bond acceptors (Lipinski definition) is 3. The van der Waals surface area contributed by atoms with E-state index in [2.05, 4.69) is 0 Å². The molecule has 5 heteroatoms. The van der Waals surface area contributed by atoms with Gasteiger partial charge in [-0.2, -0.15) is 4.31 Å². The summed E-state index contributed by atoms with van der Waals surface area (Å²) in [6, 6.07) is 8.03. The van der Waals surface area contributed by atoms with Gasteiger partial charge in [-0.15, -0.1) is 0 Å². The quantitative estimate of drug-likeness (QED) is 0.858. The van der Waals surface area contributed by atoms with E-state index >= 15 is 0 Å². The van der Waals surface area contributed by atoms with Crippen LogP contribution in [0.5, 0.6) is 0 Å². The summed E-state index contributed by atoms with van der Waals surface area (Å²) in [6.07, 6.45) is 3.82. The second-order valence-corrected chi connectivity index (χ2v) is 8.16. The van der Waals surface area contributed by atoms with Gasteiger partial charge in [0.1, 0.15) is 0 Å². The largest absolute Gasteiger partial charge is 0.381 e. The minimum atomic E-state index is -3.24. The average Bonchev–Trinajstić information content (AvgIpc) is 2.71. The van der Waals surface area contributed by atoms with Crippen LogP contribution in [0.3, 0.4) is 0 Å². The van der Waals surface area contributed by atoms with Crippen molar-refractivity contribution in [2.24, 2.45) is 0 Å². The van der Waals surface area contributed by atoms with E-state index in [4.69, 9.17) is 4.74 Å². The maximum atomic E-state index is 12.8. The smallest absolute Gasteiger partial charge is 0.218 e. The molecule has 21 heavy (non-hydrogen) atoms. The molecule has 2 unspecified atom stereocenters. The average molecular weight is 309 g/mol. The van der Waals surface area contributed by atoms with Crippen LogP contribution in [0.4, 0.5) is 0 Å². The molecular formula is C16H23NO3S. The van der Waals surface area contributed by atoms with E-state index < -0.39 is 10.0 Å². The van der Waals surface area contributed by atoms with Crippen LogP contribution >= 0.6 is 0 Å². The molecule has 116 valence electrons. The van der Waals surface area contributed by atoms with Crippen LogP contribution in [-0.2, 0) is 20.5 Å². The topological polar surface area (TPSA) is 46.6 Å². The predicted octanol–water partition coefficient (Wildman–Crippen LogP) is 2.47. The Kier molecular flexibility index (Phi) is 4.08. The van der Waals surface area contributed by atoms with Gasteiger partial charge in [-0.25, -0.2) is 8.42 Å². The fourth-order valence-electron chi connectivity index (χ4n) is 3.82. The van der Waals surface area contributed by atoms with Crippen LogP contribution < -0.4 is 0 Å². The van der Waals surface area contributed by atoms with Gasteiger partial charge in [0.05, 0.1) is 11.9 Å². The van der Waals surface area contributed by atoms with Crippen LogP contribution in [0.2, 0.25) is 0 Å². The molecule has 4 nitrogen and oxygen atoms in total. The molecule has 2 aliphatic rings. The number of aryl methyl sites for hydroxylation is 1. The maximum absolute atomic E-state index is 12.8. The highest BCUT2D eigenvalue weighted by molar-refractivity contribution is 7.88. The standard InChI is InChI=1S/C16H23NO3S/c1-12-4-3-5-13(8-12)11-21(18,19)17-14-6-7-15(17)10-16(9-14)20-2/h3-5,8,14-16H,6-7,9-11H2,1-2H3. The second-order valence-electron chi connectivity index (χ2n) is 6.29. The Hall–Kier alpha value is -0.910. The Morgan fingerprint density at radius 2 is 1.90 bits per heavy atom. The molecule has 2 saturated heterocycles. The SMILES string of the molecule is COC1CC2CCC(C1)N2S(=O)(=O)Cc1cccc(C)c1. The number of benzene rings is 1. The number of ether oxygens (including phenoxy) is 1. The number of sulfonamides is 1. The number of methoxy groups -OCH3 is 1. The van der Waals surface area contributed by atoms with Crippen molar-refractivity contribution in [3.05, 3.63) is 35.4 Å². The van der Waals surface area contributed by atoms with Crippen LogP contribution in [-0.4, -0.2) is 38.0 Å². The van der Waals surface area contributed by atoms with Crippen LogP contribution in [0.1, 0.15) is 36.8 Å². The van der Waals surface area contributed by atoms with Crippen LogP contribution in [0.15, 0.2) is 24.3 Å². The van der Waals surface area contributed by atoms with E-state index in [0.717, 1.165) is 36.8 Å². The zero-order chi connectivity index (χ0) is 15.0. The summed E-state index contributed by atoms with van der Waals surface area (Å²) in [5.74, 6) is 0.110. The van der Waals surface area contributed by atoms with Crippen molar-refractivity contribution in [2.45, 2.75) is 56.5 Å². The van der Waals surface area contributed by atoms with E-state index in [1.165, 1.54) is 0 Å². The molecule has 3 rings (SSSR count).